The number of halogens is 1. The van der Waals surface area contributed by atoms with Crippen LogP contribution in [0.3, 0.4) is 0 Å². The number of ether oxygens (including phenoxy) is 1. The zero-order chi connectivity index (χ0) is 13.0. The molecule has 0 fully saturated rings. The third kappa shape index (κ3) is 3.11. The lowest BCUT2D eigenvalue weighted by Crippen LogP contribution is -1.96. The second-order valence-electron chi connectivity index (χ2n) is 3.90. The summed E-state index contributed by atoms with van der Waals surface area (Å²) in [7, 11) is 0. The molecule has 0 spiro atoms. The van der Waals surface area contributed by atoms with E-state index in [1.54, 1.807) is 6.20 Å². The summed E-state index contributed by atoms with van der Waals surface area (Å²) < 4.78 is 8.41. The SMILES string of the molecule is CCn1cc(COc2ccc(Br)c(CO)c2)cn1. The van der Waals surface area contributed by atoms with E-state index in [4.69, 9.17) is 9.84 Å². The maximum Gasteiger partial charge on any atom is 0.120 e. The average Bonchev–Trinajstić information content (AvgIpc) is 2.86. The standard InChI is InChI=1S/C13H15BrN2O2/c1-2-16-7-10(6-15-16)9-18-12-3-4-13(14)11(5-12)8-17/h3-7,17H,2,8-9H2,1H3. The highest BCUT2D eigenvalue weighted by molar-refractivity contribution is 9.10. The summed E-state index contributed by atoms with van der Waals surface area (Å²) in [5.74, 6) is 0.742. The molecular weight excluding hydrogens is 296 g/mol. The van der Waals surface area contributed by atoms with Crippen LogP contribution in [0.15, 0.2) is 35.1 Å². The maximum absolute atomic E-state index is 9.16. The Balaban J connectivity index is 2.01. The molecule has 5 heteroatoms. The van der Waals surface area contributed by atoms with Crippen LogP contribution in [0.5, 0.6) is 5.75 Å². The van der Waals surface area contributed by atoms with Crippen molar-refractivity contribution in [3.63, 3.8) is 0 Å². The summed E-state index contributed by atoms with van der Waals surface area (Å²) in [6, 6.07) is 5.57. The van der Waals surface area contributed by atoms with Crippen molar-refractivity contribution < 1.29 is 9.84 Å². The first-order chi connectivity index (χ1) is 8.72. The highest BCUT2D eigenvalue weighted by Gasteiger charge is 2.03. The summed E-state index contributed by atoms with van der Waals surface area (Å²) >= 11 is 3.37. The normalized spacial score (nSPS) is 10.6. The first-order valence-corrected chi connectivity index (χ1v) is 6.55. The van der Waals surface area contributed by atoms with Crippen molar-refractivity contribution in [2.24, 2.45) is 0 Å². The first-order valence-electron chi connectivity index (χ1n) is 5.76. The fraction of sp³-hybridized carbons (Fsp3) is 0.308. The van der Waals surface area contributed by atoms with E-state index in [1.807, 2.05) is 36.0 Å². The summed E-state index contributed by atoms with van der Waals surface area (Å²) in [6.07, 6.45) is 3.77. The molecule has 0 aliphatic rings. The van der Waals surface area contributed by atoms with E-state index in [2.05, 4.69) is 21.0 Å². The smallest absolute Gasteiger partial charge is 0.120 e. The topological polar surface area (TPSA) is 47.3 Å². The average molecular weight is 311 g/mol. The van der Waals surface area contributed by atoms with Crippen molar-refractivity contribution in [2.75, 3.05) is 0 Å². The van der Waals surface area contributed by atoms with E-state index < -0.39 is 0 Å². The van der Waals surface area contributed by atoms with Crippen molar-refractivity contribution in [3.05, 3.63) is 46.2 Å². The van der Waals surface area contributed by atoms with Crippen LogP contribution in [0.1, 0.15) is 18.1 Å². The second kappa shape index (κ2) is 6.02. The third-order valence-electron chi connectivity index (χ3n) is 2.60. The summed E-state index contributed by atoms with van der Waals surface area (Å²) in [6.45, 7) is 3.37. The van der Waals surface area contributed by atoms with Gasteiger partial charge in [-0.05, 0) is 30.7 Å². The highest BCUT2D eigenvalue weighted by Crippen LogP contribution is 2.23. The summed E-state index contributed by atoms with van der Waals surface area (Å²) in [5.41, 5.74) is 1.85. The van der Waals surface area contributed by atoms with Gasteiger partial charge >= 0.3 is 0 Å². The molecule has 0 aliphatic heterocycles. The van der Waals surface area contributed by atoms with Gasteiger partial charge in [-0.15, -0.1) is 0 Å². The van der Waals surface area contributed by atoms with E-state index in [0.29, 0.717) is 6.61 Å². The Morgan fingerprint density at radius 1 is 1.44 bits per heavy atom. The molecule has 0 saturated carbocycles. The number of hydrogen-bond acceptors (Lipinski definition) is 3. The zero-order valence-electron chi connectivity index (χ0n) is 10.1. The number of nitrogens with zero attached hydrogens (tertiary/aromatic N) is 2. The van der Waals surface area contributed by atoms with Gasteiger partial charge < -0.3 is 9.84 Å². The monoisotopic (exact) mass is 310 g/mol. The number of aliphatic hydroxyl groups is 1. The Morgan fingerprint density at radius 2 is 2.28 bits per heavy atom. The quantitative estimate of drug-likeness (QED) is 0.923. The van der Waals surface area contributed by atoms with Crippen molar-refractivity contribution in [1.29, 1.82) is 0 Å². The molecule has 0 bridgehead atoms. The molecule has 1 aromatic carbocycles. The van der Waals surface area contributed by atoms with Crippen LogP contribution in [-0.4, -0.2) is 14.9 Å². The molecule has 0 unspecified atom stereocenters. The predicted octanol–water partition coefficient (Wildman–Crippen LogP) is 2.74. The molecule has 1 heterocycles. The number of aryl methyl sites for hydroxylation is 1. The van der Waals surface area contributed by atoms with Crippen LogP contribution in [-0.2, 0) is 19.8 Å². The van der Waals surface area contributed by atoms with Crippen LogP contribution >= 0.6 is 15.9 Å². The lowest BCUT2D eigenvalue weighted by Gasteiger charge is -2.07. The number of rotatable bonds is 5. The molecule has 18 heavy (non-hydrogen) atoms. The van der Waals surface area contributed by atoms with Crippen molar-refractivity contribution in [3.8, 4) is 5.75 Å². The van der Waals surface area contributed by atoms with Crippen molar-refractivity contribution in [1.82, 2.24) is 9.78 Å². The Labute approximate surface area is 114 Å². The number of benzene rings is 1. The Kier molecular flexibility index (Phi) is 4.38. The Hall–Kier alpha value is -1.33. The van der Waals surface area contributed by atoms with Crippen molar-refractivity contribution >= 4 is 15.9 Å². The van der Waals surface area contributed by atoms with Gasteiger partial charge in [0, 0.05) is 22.8 Å². The van der Waals surface area contributed by atoms with Crippen LogP contribution in [0.25, 0.3) is 0 Å². The Bertz CT molecular complexity index is 525. The third-order valence-corrected chi connectivity index (χ3v) is 3.38. The molecule has 0 aliphatic carbocycles. The van der Waals surface area contributed by atoms with Gasteiger partial charge in [-0.3, -0.25) is 4.68 Å². The fourth-order valence-corrected chi connectivity index (χ4v) is 1.95. The first kappa shape index (κ1) is 13.1. The molecule has 0 saturated heterocycles. The lowest BCUT2D eigenvalue weighted by atomic mass is 10.2. The highest BCUT2D eigenvalue weighted by atomic mass is 79.9. The van der Waals surface area contributed by atoms with E-state index >= 15 is 0 Å². The van der Waals surface area contributed by atoms with Crippen LogP contribution < -0.4 is 4.74 Å². The van der Waals surface area contributed by atoms with E-state index in [9.17, 15) is 0 Å². The van der Waals surface area contributed by atoms with Gasteiger partial charge in [0.05, 0.1) is 12.8 Å². The number of aliphatic hydroxyl groups excluding tert-OH is 1. The molecule has 96 valence electrons. The zero-order valence-corrected chi connectivity index (χ0v) is 11.7. The molecule has 0 atom stereocenters. The minimum atomic E-state index is -0.00838. The number of hydrogen-bond donors (Lipinski definition) is 1. The van der Waals surface area contributed by atoms with E-state index in [1.165, 1.54) is 0 Å². The predicted molar refractivity (Wildman–Crippen MR) is 72.3 cm³/mol. The van der Waals surface area contributed by atoms with Gasteiger partial charge in [0.25, 0.3) is 0 Å². The molecular formula is C13H15BrN2O2. The molecule has 1 N–H and O–H groups in total. The minimum Gasteiger partial charge on any atom is -0.489 e. The largest absolute Gasteiger partial charge is 0.489 e. The van der Waals surface area contributed by atoms with Gasteiger partial charge in [0.2, 0.25) is 0 Å². The summed E-state index contributed by atoms with van der Waals surface area (Å²) in [4.78, 5) is 0. The minimum absolute atomic E-state index is 0.00838. The molecule has 2 aromatic rings. The van der Waals surface area contributed by atoms with Crippen LogP contribution in [0.4, 0.5) is 0 Å². The second-order valence-corrected chi connectivity index (χ2v) is 4.76. The van der Waals surface area contributed by atoms with Gasteiger partial charge in [0.15, 0.2) is 0 Å². The number of aromatic nitrogens is 2. The molecule has 4 nitrogen and oxygen atoms in total. The molecule has 0 amide bonds. The van der Waals surface area contributed by atoms with Gasteiger partial charge in [0.1, 0.15) is 12.4 Å². The van der Waals surface area contributed by atoms with Crippen LogP contribution in [0, 0.1) is 0 Å². The molecule has 0 radical (unpaired) electrons. The van der Waals surface area contributed by atoms with Gasteiger partial charge in [-0.2, -0.15) is 5.10 Å². The van der Waals surface area contributed by atoms with E-state index in [0.717, 1.165) is 27.9 Å². The van der Waals surface area contributed by atoms with Crippen molar-refractivity contribution in [2.45, 2.75) is 26.7 Å². The molecule has 1 aromatic heterocycles. The Morgan fingerprint density at radius 3 is 2.94 bits per heavy atom. The maximum atomic E-state index is 9.16. The fourth-order valence-electron chi connectivity index (χ4n) is 1.58. The van der Waals surface area contributed by atoms with Gasteiger partial charge in [-0.25, -0.2) is 0 Å². The van der Waals surface area contributed by atoms with Gasteiger partial charge in [-0.1, -0.05) is 15.9 Å². The lowest BCUT2D eigenvalue weighted by molar-refractivity contribution is 0.277. The summed E-state index contributed by atoms with van der Waals surface area (Å²) in [5, 5.41) is 13.3. The van der Waals surface area contributed by atoms with E-state index in [-0.39, 0.29) is 6.61 Å². The van der Waals surface area contributed by atoms with Crippen LogP contribution in [0.2, 0.25) is 0 Å². The molecule has 2 rings (SSSR count).